The summed E-state index contributed by atoms with van der Waals surface area (Å²) in [4.78, 5) is 51.8. The molecule has 0 aromatic heterocycles. The normalized spacial score (nSPS) is 12.4. The number of anilines is 1. The van der Waals surface area contributed by atoms with Gasteiger partial charge in [0, 0.05) is 5.56 Å². The zero-order valence-electron chi connectivity index (χ0n) is 18.0. The molecule has 0 bridgehead atoms. The predicted molar refractivity (Wildman–Crippen MR) is 119 cm³/mol. The van der Waals surface area contributed by atoms with Crippen molar-refractivity contribution in [2.75, 3.05) is 19.5 Å². The molecule has 0 unspecified atom stereocenters. The topological polar surface area (TPSA) is 102 Å². The predicted octanol–water partition coefficient (Wildman–Crippen LogP) is 3.53. The lowest BCUT2D eigenvalue weighted by molar-refractivity contribution is 0.0598. The van der Waals surface area contributed by atoms with Crippen molar-refractivity contribution in [3.8, 4) is 5.75 Å². The van der Waals surface area contributed by atoms with Crippen LogP contribution in [0.3, 0.4) is 0 Å². The number of nitrogens with one attached hydrogen (secondary N) is 1. The zero-order chi connectivity index (χ0) is 23.5. The third kappa shape index (κ3) is 4.18. The average Bonchev–Trinajstić information content (AvgIpc) is 3.08. The van der Waals surface area contributed by atoms with Crippen molar-refractivity contribution in [3.05, 3.63) is 94.5 Å². The van der Waals surface area contributed by atoms with Gasteiger partial charge in [-0.15, -0.1) is 0 Å². The van der Waals surface area contributed by atoms with Gasteiger partial charge in [-0.25, -0.2) is 4.79 Å². The highest BCUT2D eigenvalue weighted by Gasteiger charge is 2.36. The van der Waals surface area contributed by atoms with Crippen LogP contribution in [0.2, 0.25) is 0 Å². The van der Waals surface area contributed by atoms with E-state index in [0.29, 0.717) is 5.75 Å². The van der Waals surface area contributed by atoms with Crippen molar-refractivity contribution >= 4 is 29.4 Å². The monoisotopic (exact) mass is 444 g/mol. The molecule has 1 aliphatic rings. The van der Waals surface area contributed by atoms with Crippen LogP contribution in [-0.2, 0) is 11.3 Å². The fraction of sp³-hybridized carbons (Fsp3) is 0.120. The lowest BCUT2D eigenvalue weighted by atomic mass is 10.0. The van der Waals surface area contributed by atoms with Gasteiger partial charge in [0.25, 0.3) is 17.7 Å². The second-order valence-electron chi connectivity index (χ2n) is 7.30. The van der Waals surface area contributed by atoms with E-state index in [1.807, 2.05) is 30.3 Å². The van der Waals surface area contributed by atoms with Crippen LogP contribution in [0.5, 0.6) is 5.75 Å². The third-order valence-electron chi connectivity index (χ3n) is 5.30. The fourth-order valence-electron chi connectivity index (χ4n) is 3.57. The maximum Gasteiger partial charge on any atom is 0.340 e. The minimum Gasteiger partial charge on any atom is -0.497 e. The Balaban J connectivity index is 1.58. The molecule has 1 N–H and O–H groups in total. The third-order valence-corrected chi connectivity index (χ3v) is 5.30. The number of hydrogen-bond acceptors (Lipinski definition) is 6. The standard InChI is InChI=1S/C25H20N2O6/c1-32-17-9-11-21(20(13-17)25(31)33-2)26-22(28)16-8-10-18-19(12-16)24(30)27(23(18)29)14-15-6-4-3-5-7-15/h3-13H,14H2,1-2H3,(H,26,28). The molecule has 8 heteroatoms. The van der Waals surface area contributed by atoms with E-state index in [2.05, 4.69) is 5.32 Å². The minimum atomic E-state index is -0.643. The Morgan fingerprint density at radius 3 is 2.30 bits per heavy atom. The number of hydrogen-bond donors (Lipinski definition) is 1. The summed E-state index contributed by atoms with van der Waals surface area (Å²) in [6.45, 7) is 0.142. The molecular weight excluding hydrogens is 424 g/mol. The van der Waals surface area contributed by atoms with E-state index in [1.165, 1.54) is 44.6 Å². The number of rotatable bonds is 6. The number of esters is 1. The van der Waals surface area contributed by atoms with Crippen LogP contribution in [-0.4, -0.2) is 42.8 Å². The van der Waals surface area contributed by atoms with Crippen LogP contribution in [0.4, 0.5) is 5.69 Å². The maximum atomic E-state index is 12.9. The number of imide groups is 1. The van der Waals surface area contributed by atoms with Crippen LogP contribution >= 0.6 is 0 Å². The number of nitrogens with zero attached hydrogens (tertiary/aromatic N) is 1. The Morgan fingerprint density at radius 1 is 0.879 bits per heavy atom. The van der Waals surface area contributed by atoms with Gasteiger partial charge >= 0.3 is 5.97 Å². The Morgan fingerprint density at radius 2 is 1.61 bits per heavy atom. The first-order chi connectivity index (χ1) is 15.9. The molecule has 3 amide bonds. The molecule has 3 aromatic rings. The Hall–Kier alpha value is -4.46. The van der Waals surface area contributed by atoms with Crippen molar-refractivity contribution in [2.45, 2.75) is 6.54 Å². The summed E-state index contributed by atoms with van der Waals surface area (Å²) in [6, 6.07) is 18.1. The molecule has 0 atom stereocenters. The first kappa shape index (κ1) is 21.8. The summed E-state index contributed by atoms with van der Waals surface area (Å²) >= 11 is 0. The van der Waals surface area contributed by atoms with Crippen molar-refractivity contribution in [1.82, 2.24) is 4.90 Å². The van der Waals surface area contributed by atoms with Gasteiger partial charge < -0.3 is 14.8 Å². The van der Waals surface area contributed by atoms with Gasteiger partial charge in [0.05, 0.1) is 43.1 Å². The largest absolute Gasteiger partial charge is 0.497 e. The van der Waals surface area contributed by atoms with Crippen molar-refractivity contribution in [2.24, 2.45) is 0 Å². The molecule has 8 nitrogen and oxygen atoms in total. The maximum absolute atomic E-state index is 12.9. The van der Waals surface area contributed by atoms with E-state index in [-0.39, 0.29) is 34.5 Å². The van der Waals surface area contributed by atoms with E-state index in [1.54, 1.807) is 6.07 Å². The van der Waals surface area contributed by atoms with Crippen LogP contribution in [0, 0.1) is 0 Å². The highest BCUT2D eigenvalue weighted by molar-refractivity contribution is 6.22. The molecular formula is C25H20N2O6. The number of methoxy groups -OCH3 is 2. The number of benzene rings is 3. The Kier molecular flexibility index (Phi) is 5.91. The number of fused-ring (bicyclic) bond motifs is 1. The second kappa shape index (κ2) is 8.96. The fourth-order valence-corrected chi connectivity index (χ4v) is 3.57. The zero-order valence-corrected chi connectivity index (χ0v) is 18.0. The van der Waals surface area contributed by atoms with E-state index in [0.717, 1.165) is 10.5 Å². The summed E-state index contributed by atoms with van der Waals surface area (Å²) in [5, 5.41) is 2.66. The lowest BCUT2D eigenvalue weighted by Gasteiger charge is -2.13. The number of amides is 3. The Labute approximate surface area is 189 Å². The highest BCUT2D eigenvalue weighted by Crippen LogP contribution is 2.27. The molecule has 166 valence electrons. The number of ether oxygens (including phenoxy) is 2. The summed E-state index contributed by atoms with van der Waals surface area (Å²) in [6.07, 6.45) is 0. The molecule has 33 heavy (non-hydrogen) atoms. The van der Waals surface area contributed by atoms with Crippen LogP contribution in [0.1, 0.15) is 47.0 Å². The molecule has 4 rings (SSSR count). The lowest BCUT2D eigenvalue weighted by Crippen LogP contribution is -2.29. The van der Waals surface area contributed by atoms with E-state index in [9.17, 15) is 19.2 Å². The highest BCUT2D eigenvalue weighted by atomic mass is 16.5. The first-order valence-corrected chi connectivity index (χ1v) is 10.0. The van der Waals surface area contributed by atoms with Crippen molar-refractivity contribution in [3.63, 3.8) is 0 Å². The van der Waals surface area contributed by atoms with E-state index < -0.39 is 23.7 Å². The summed E-state index contributed by atoms with van der Waals surface area (Å²) in [5.41, 5.74) is 1.73. The Bertz CT molecular complexity index is 1270. The molecule has 0 radical (unpaired) electrons. The van der Waals surface area contributed by atoms with Gasteiger partial charge in [0.1, 0.15) is 5.75 Å². The molecule has 1 heterocycles. The molecule has 0 saturated heterocycles. The molecule has 0 spiro atoms. The molecule has 1 aliphatic heterocycles. The quantitative estimate of drug-likeness (QED) is 0.461. The van der Waals surface area contributed by atoms with Crippen molar-refractivity contribution in [1.29, 1.82) is 0 Å². The van der Waals surface area contributed by atoms with Gasteiger partial charge in [0.2, 0.25) is 0 Å². The van der Waals surface area contributed by atoms with Crippen LogP contribution in [0.25, 0.3) is 0 Å². The molecule has 3 aromatic carbocycles. The van der Waals surface area contributed by atoms with Gasteiger partial charge in [-0.1, -0.05) is 30.3 Å². The number of carbonyl (C=O) groups excluding carboxylic acids is 4. The summed E-state index contributed by atoms with van der Waals surface area (Å²) in [7, 11) is 2.69. The van der Waals surface area contributed by atoms with Gasteiger partial charge in [-0.2, -0.15) is 0 Å². The van der Waals surface area contributed by atoms with E-state index in [4.69, 9.17) is 9.47 Å². The smallest absolute Gasteiger partial charge is 0.340 e. The van der Waals surface area contributed by atoms with Gasteiger partial charge in [-0.05, 0) is 42.0 Å². The summed E-state index contributed by atoms with van der Waals surface area (Å²) < 4.78 is 9.90. The first-order valence-electron chi connectivity index (χ1n) is 10.0. The van der Waals surface area contributed by atoms with E-state index >= 15 is 0 Å². The second-order valence-corrected chi connectivity index (χ2v) is 7.30. The molecule has 0 aliphatic carbocycles. The van der Waals surface area contributed by atoms with Gasteiger partial charge in [-0.3, -0.25) is 19.3 Å². The molecule has 0 fully saturated rings. The number of carbonyl (C=O) groups is 4. The van der Waals surface area contributed by atoms with Crippen LogP contribution < -0.4 is 10.1 Å². The average molecular weight is 444 g/mol. The van der Waals surface area contributed by atoms with Crippen LogP contribution in [0.15, 0.2) is 66.7 Å². The van der Waals surface area contributed by atoms with Crippen molar-refractivity contribution < 1.29 is 28.7 Å². The van der Waals surface area contributed by atoms with Gasteiger partial charge in [0.15, 0.2) is 0 Å². The molecule has 0 saturated carbocycles. The SMILES string of the molecule is COC(=O)c1cc(OC)ccc1NC(=O)c1ccc2c(c1)C(=O)N(Cc1ccccc1)C2=O. The summed E-state index contributed by atoms with van der Waals surface area (Å²) in [5.74, 6) is -1.64. The minimum absolute atomic E-state index is 0.117.